The van der Waals surface area contributed by atoms with Crippen LogP contribution < -0.4 is 5.32 Å². The lowest BCUT2D eigenvalue weighted by Gasteiger charge is -2.19. The van der Waals surface area contributed by atoms with Gasteiger partial charge in [-0.15, -0.1) is 0 Å². The number of hydrogen-bond acceptors (Lipinski definition) is 3. The highest BCUT2D eigenvalue weighted by atomic mass is 16.2. The summed E-state index contributed by atoms with van der Waals surface area (Å²) in [6, 6.07) is 15.2. The summed E-state index contributed by atoms with van der Waals surface area (Å²) in [5, 5.41) is 3.16. The van der Waals surface area contributed by atoms with Crippen LogP contribution in [-0.2, 0) is 9.59 Å². The van der Waals surface area contributed by atoms with Crippen LogP contribution in [0.2, 0.25) is 0 Å². The number of anilines is 1. The lowest BCUT2D eigenvalue weighted by molar-refractivity contribution is -0.138. The molecule has 2 amide bonds. The first-order valence-electron chi connectivity index (χ1n) is 8.41. The zero-order valence-corrected chi connectivity index (χ0v) is 15.0. The second-order valence-electron chi connectivity index (χ2n) is 6.68. The Labute approximate surface area is 148 Å². The predicted octanol–water partition coefficient (Wildman–Crippen LogP) is 3.90. The monoisotopic (exact) mass is 334 g/mol. The molecular weight excluding hydrogens is 312 g/mol. The molecule has 0 aromatic heterocycles. The van der Waals surface area contributed by atoms with Gasteiger partial charge in [-0.2, -0.15) is 0 Å². The van der Waals surface area contributed by atoms with Crippen LogP contribution in [0.15, 0.2) is 54.2 Å². The highest BCUT2D eigenvalue weighted by Gasteiger charge is 2.40. The average Bonchev–Trinajstić information content (AvgIpc) is 2.81. The summed E-state index contributed by atoms with van der Waals surface area (Å²) in [7, 11) is 0. The van der Waals surface area contributed by atoms with Gasteiger partial charge in [0.1, 0.15) is 5.70 Å². The molecule has 4 heteroatoms. The van der Waals surface area contributed by atoms with Gasteiger partial charge in [0.2, 0.25) is 0 Å². The molecule has 4 nitrogen and oxygen atoms in total. The van der Waals surface area contributed by atoms with Gasteiger partial charge in [-0.05, 0) is 45.4 Å². The van der Waals surface area contributed by atoms with E-state index >= 15 is 0 Å². The Morgan fingerprint density at radius 1 is 0.800 bits per heavy atom. The summed E-state index contributed by atoms with van der Waals surface area (Å²) in [4.78, 5) is 27.1. The summed E-state index contributed by atoms with van der Waals surface area (Å²) in [6.07, 6.45) is 0. The average molecular weight is 334 g/mol. The van der Waals surface area contributed by atoms with E-state index in [1.807, 2.05) is 76.2 Å². The Kier molecular flexibility index (Phi) is 4.45. The van der Waals surface area contributed by atoms with Crippen molar-refractivity contribution >= 4 is 23.1 Å². The van der Waals surface area contributed by atoms with Crippen molar-refractivity contribution in [3.8, 4) is 0 Å². The molecule has 1 heterocycles. The molecule has 1 aliphatic heterocycles. The van der Waals surface area contributed by atoms with Crippen LogP contribution in [0, 0.1) is 13.8 Å². The van der Waals surface area contributed by atoms with Gasteiger partial charge >= 0.3 is 0 Å². The molecule has 1 N–H and O–H groups in total. The van der Waals surface area contributed by atoms with Gasteiger partial charge in [-0.1, -0.05) is 47.5 Å². The van der Waals surface area contributed by atoms with E-state index in [0.717, 1.165) is 22.4 Å². The molecule has 2 aromatic carbocycles. The number of imide groups is 1. The van der Waals surface area contributed by atoms with E-state index in [1.165, 1.54) is 4.90 Å². The second kappa shape index (κ2) is 6.55. The first-order chi connectivity index (χ1) is 11.9. The Balaban J connectivity index is 2.08. The van der Waals surface area contributed by atoms with Crippen LogP contribution in [0.5, 0.6) is 0 Å². The van der Waals surface area contributed by atoms with Gasteiger partial charge in [-0.25, -0.2) is 0 Å². The fourth-order valence-electron chi connectivity index (χ4n) is 2.90. The number of carbonyl (C=O) groups excluding carboxylic acids is 2. The molecule has 1 aliphatic rings. The smallest absolute Gasteiger partial charge is 0.278 e. The first-order valence-corrected chi connectivity index (χ1v) is 8.41. The van der Waals surface area contributed by atoms with Crippen LogP contribution in [0.3, 0.4) is 0 Å². The fourth-order valence-corrected chi connectivity index (χ4v) is 2.90. The minimum Gasteiger partial charge on any atom is -0.350 e. The number of nitrogens with one attached hydrogen (secondary N) is 1. The van der Waals surface area contributed by atoms with Crippen molar-refractivity contribution in [3.63, 3.8) is 0 Å². The van der Waals surface area contributed by atoms with Crippen LogP contribution in [0.25, 0.3) is 5.57 Å². The van der Waals surface area contributed by atoms with Gasteiger partial charge in [0, 0.05) is 11.7 Å². The molecule has 0 aliphatic carbocycles. The predicted molar refractivity (Wildman–Crippen MR) is 99.9 cm³/mol. The van der Waals surface area contributed by atoms with E-state index in [2.05, 4.69) is 5.32 Å². The van der Waals surface area contributed by atoms with E-state index < -0.39 is 0 Å². The van der Waals surface area contributed by atoms with Crippen LogP contribution in [-0.4, -0.2) is 22.8 Å². The van der Waals surface area contributed by atoms with E-state index in [-0.39, 0.29) is 17.9 Å². The molecule has 0 unspecified atom stereocenters. The maximum Gasteiger partial charge on any atom is 0.278 e. The van der Waals surface area contributed by atoms with Gasteiger partial charge in [0.15, 0.2) is 0 Å². The number of carbonyl (C=O) groups is 2. The number of nitrogens with zero attached hydrogens (tertiary/aromatic N) is 1. The lowest BCUT2D eigenvalue weighted by Crippen LogP contribution is -2.38. The Bertz CT molecular complexity index is 846. The number of benzene rings is 2. The Hall–Kier alpha value is -2.88. The second-order valence-corrected chi connectivity index (χ2v) is 6.68. The number of aryl methyl sites for hydroxylation is 2. The quantitative estimate of drug-likeness (QED) is 0.863. The summed E-state index contributed by atoms with van der Waals surface area (Å²) < 4.78 is 0. The van der Waals surface area contributed by atoms with Gasteiger partial charge in [-0.3, -0.25) is 14.5 Å². The molecule has 0 radical (unpaired) electrons. The van der Waals surface area contributed by atoms with Crippen LogP contribution in [0.4, 0.5) is 5.69 Å². The summed E-state index contributed by atoms with van der Waals surface area (Å²) in [5.41, 5.74) is 4.55. The third-order valence-corrected chi connectivity index (χ3v) is 4.29. The SMILES string of the molecule is Cc1ccc(NC2=C(c3ccc(C)cc3)C(=O)N(C(C)C)C2=O)cc1. The standard InChI is InChI=1S/C21H22N2O2/c1-13(2)23-20(24)18(16-9-5-14(3)6-10-16)19(21(23)25)22-17-11-7-15(4)8-12-17/h5-13,22H,1-4H3. The molecule has 0 saturated heterocycles. The van der Waals surface area contributed by atoms with Crippen molar-refractivity contribution in [3.05, 3.63) is 70.9 Å². The highest BCUT2D eigenvalue weighted by molar-refractivity contribution is 6.36. The maximum atomic E-state index is 12.9. The molecule has 0 atom stereocenters. The molecule has 0 spiro atoms. The van der Waals surface area contributed by atoms with Crippen molar-refractivity contribution in [2.45, 2.75) is 33.7 Å². The summed E-state index contributed by atoms with van der Waals surface area (Å²) >= 11 is 0. The zero-order chi connectivity index (χ0) is 18.1. The number of amides is 2. The molecule has 3 rings (SSSR count). The third-order valence-electron chi connectivity index (χ3n) is 4.29. The van der Waals surface area contributed by atoms with E-state index in [4.69, 9.17) is 0 Å². The normalized spacial score (nSPS) is 14.7. The highest BCUT2D eigenvalue weighted by Crippen LogP contribution is 2.31. The van der Waals surface area contributed by atoms with E-state index in [0.29, 0.717) is 11.3 Å². The minimum absolute atomic E-state index is 0.197. The van der Waals surface area contributed by atoms with Crippen LogP contribution in [0.1, 0.15) is 30.5 Å². The minimum atomic E-state index is -0.281. The van der Waals surface area contributed by atoms with E-state index in [1.54, 1.807) is 0 Å². The molecule has 0 fully saturated rings. The van der Waals surface area contributed by atoms with Crippen molar-refractivity contribution in [1.82, 2.24) is 4.90 Å². The first kappa shape index (κ1) is 17.0. The molecule has 128 valence electrons. The number of rotatable bonds is 4. The van der Waals surface area contributed by atoms with Crippen molar-refractivity contribution in [2.24, 2.45) is 0 Å². The van der Waals surface area contributed by atoms with Crippen molar-refractivity contribution < 1.29 is 9.59 Å². The maximum absolute atomic E-state index is 12.9. The molecule has 25 heavy (non-hydrogen) atoms. The fraction of sp³-hybridized carbons (Fsp3) is 0.238. The topological polar surface area (TPSA) is 49.4 Å². The zero-order valence-electron chi connectivity index (χ0n) is 15.0. The van der Waals surface area contributed by atoms with Gasteiger partial charge in [0.25, 0.3) is 11.8 Å². The lowest BCUT2D eigenvalue weighted by atomic mass is 10.0. The molecule has 0 saturated carbocycles. The Morgan fingerprint density at radius 3 is 1.84 bits per heavy atom. The van der Waals surface area contributed by atoms with Crippen LogP contribution >= 0.6 is 0 Å². The summed E-state index contributed by atoms with van der Waals surface area (Å²) in [6.45, 7) is 7.69. The molecular formula is C21H22N2O2. The molecule has 0 bridgehead atoms. The van der Waals surface area contributed by atoms with Gasteiger partial charge < -0.3 is 5.32 Å². The van der Waals surface area contributed by atoms with Crippen molar-refractivity contribution in [1.29, 1.82) is 0 Å². The van der Waals surface area contributed by atoms with Gasteiger partial charge in [0.05, 0.1) is 5.57 Å². The van der Waals surface area contributed by atoms with Crippen molar-refractivity contribution in [2.75, 3.05) is 5.32 Å². The van der Waals surface area contributed by atoms with E-state index in [9.17, 15) is 9.59 Å². The molecule has 2 aromatic rings. The number of hydrogen-bond donors (Lipinski definition) is 1. The third kappa shape index (κ3) is 3.20. The Morgan fingerprint density at radius 2 is 1.32 bits per heavy atom. The largest absolute Gasteiger partial charge is 0.350 e. The summed E-state index contributed by atoms with van der Waals surface area (Å²) in [5.74, 6) is -0.533.